The Hall–Kier alpha value is -1.80. The lowest BCUT2D eigenvalue weighted by atomic mass is 10.1. The van der Waals surface area contributed by atoms with Gasteiger partial charge < -0.3 is 10.5 Å². The van der Waals surface area contributed by atoms with Crippen molar-refractivity contribution in [2.24, 2.45) is 5.73 Å². The molecule has 0 fully saturated rings. The van der Waals surface area contributed by atoms with Gasteiger partial charge in [0.15, 0.2) is 0 Å². The molecule has 17 heavy (non-hydrogen) atoms. The van der Waals surface area contributed by atoms with Crippen molar-refractivity contribution in [3.63, 3.8) is 0 Å². The van der Waals surface area contributed by atoms with Crippen LogP contribution in [-0.4, -0.2) is 6.54 Å². The first-order valence-electron chi connectivity index (χ1n) is 5.82. The van der Waals surface area contributed by atoms with Crippen LogP contribution in [0.1, 0.15) is 11.1 Å². The summed E-state index contributed by atoms with van der Waals surface area (Å²) in [5.41, 5.74) is 8.01. The molecule has 0 heterocycles. The number of aryl methyl sites for hydroxylation is 1. The fourth-order valence-corrected chi connectivity index (χ4v) is 1.77. The van der Waals surface area contributed by atoms with E-state index < -0.39 is 0 Å². The van der Waals surface area contributed by atoms with Gasteiger partial charge in [0.05, 0.1) is 0 Å². The Morgan fingerprint density at radius 1 is 1.06 bits per heavy atom. The molecule has 0 aromatic heterocycles. The van der Waals surface area contributed by atoms with Gasteiger partial charge in [0.25, 0.3) is 0 Å². The summed E-state index contributed by atoms with van der Waals surface area (Å²) in [4.78, 5) is 0. The smallest absolute Gasteiger partial charge is 0.130 e. The number of hydrogen-bond acceptors (Lipinski definition) is 2. The molecule has 88 valence electrons. The number of ether oxygens (including phenoxy) is 1. The fraction of sp³-hybridized carbons (Fsp3) is 0.200. The Bertz CT molecular complexity index is 480. The number of rotatable bonds is 4. The van der Waals surface area contributed by atoms with Crippen molar-refractivity contribution in [2.45, 2.75) is 13.3 Å². The molecule has 0 spiro atoms. The van der Waals surface area contributed by atoms with Crippen molar-refractivity contribution in [3.8, 4) is 11.5 Å². The van der Waals surface area contributed by atoms with Crippen LogP contribution in [0.2, 0.25) is 0 Å². The molecule has 2 nitrogen and oxygen atoms in total. The van der Waals surface area contributed by atoms with E-state index in [1.807, 2.05) is 36.4 Å². The number of hydrogen-bond donors (Lipinski definition) is 1. The highest BCUT2D eigenvalue weighted by Gasteiger charge is 2.04. The zero-order chi connectivity index (χ0) is 12.1. The predicted octanol–water partition coefficient (Wildman–Crippen LogP) is 3.29. The van der Waals surface area contributed by atoms with Crippen LogP contribution in [0.3, 0.4) is 0 Å². The van der Waals surface area contributed by atoms with E-state index in [1.165, 1.54) is 5.56 Å². The Balaban J connectivity index is 2.26. The van der Waals surface area contributed by atoms with Gasteiger partial charge in [0, 0.05) is 0 Å². The van der Waals surface area contributed by atoms with Crippen molar-refractivity contribution in [1.82, 2.24) is 0 Å². The van der Waals surface area contributed by atoms with E-state index in [4.69, 9.17) is 10.5 Å². The van der Waals surface area contributed by atoms with Crippen LogP contribution in [-0.2, 0) is 6.42 Å². The van der Waals surface area contributed by atoms with Crippen molar-refractivity contribution < 1.29 is 4.74 Å². The van der Waals surface area contributed by atoms with Crippen molar-refractivity contribution in [3.05, 3.63) is 59.7 Å². The fourth-order valence-electron chi connectivity index (χ4n) is 1.77. The maximum absolute atomic E-state index is 5.86. The van der Waals surface area contributed by atoms with E-state index in [1.54, 1.807) is 0 Å². The highest BCUT2D eigenvalue weighted by atomic mass is 16.5. The average molecular weight is 227 g/mol. The van der Waals surface area contributed by atoms with Crippen LogP contribution in [0.15, 0.2) is 48.5 Å². The maximum atomic E-state index is 5.86. The van der Waals surface area contributed by atoms with Gasteiger partial charge in [-0.3, -0.25) is 0 Å². The highest BCUT2D eigenvalue weighted by molar-refractivity contribution is 5.40. The summed E-state index contributed by atoms with van der Waals surface area (Å²) in [5, 5.41) is 0. The Morgan fingerprint density at radius 2 is 1.82 bits per heavy atom. The summed E-state index contributed by atoms with van der Waals surface area (Å²) in [5.74, 6) is 1.75. The van der Waals surface area contributed by atoms with Gasteiger partial charge in [-0.15, -0.1) is 0 Å². The molecule has 0 atom stereocenters. The molecule has 0 aliphatic carbocycles. The predicted molar refractivity (Wildman–Crippen MR) is 70.5 cm³/mol. The molecule has 2 N–H and O–H groups in total. The van der Waals surface area contributed by atoms with Gasteiger partial charge >= 0.3 is 0 Å². The van der Waals surface area contributed by atoms with Gasteiger partial charge in [0.2, 0.25) is 0 Å². The molecular formula is C15H17NO. The summed E-state index contributed by atoms with van der Waals surface area (Å²) < 4.78 is 5.86. The molecule has 2 aromatic rings. The van der Waals surface area contributed by atoms with Gasteiger partial charge in [-0.2, -0.15) is 0 Å². The molecule has 0 aliphatic rings. The molecule has 2 heteroatoms. The minimum Gasteiger partial charge on any atom is -0.457 e. The van der Waals surface area contributed by atoms with Gasteiger partial charge in [-0.1, -0.05) is 35.9 Å². The zero-order valence-corrected chi connectivity index (χ0v) is 10.0. The molecule has 0 unspecified atom stereocenters. The number of para-hydroxylation sites is 1. The first-order chi connectivity index (χ1) is 8.29. The van der Waals surface area contributed by atoms with Gasteiger partial charge in [-0.25, -0.2) is 0 Å². The van der Waals surface area contributed by atoms with Crippen LogP contribution in [0.5, 0.6) is 11.5 Å². The van der Waals surface area contributed by atoms with Crippen LogP contribution in [0.4, 0.5) is 0 Å². The second-order valence-electron chi connectivity index (χ2n) is 4.06. The molecule has 0 bridgehead atoms. The van der Waals surface area contributed by atoms with Crippen LogP contribution in [0.25, 0.3) is 0 Å². The molecule has 0 aliphatic heterocycles. The number of nitrogens with two attached hydrogens (primary N) is 1. The van der Waals surface area contributed by atoms with Gasteiger partial charge in [0.1, 0.15) is 11.5 Å². The van der Waals surface area contributed by atoms with E-state index in [9.17, 15) is 0 Å². The highest BCUT2D eigenvalue weighted by Crippen LogP contribution is 2.26. The third kappa shape index (κ3) is 3.08. The zero-order valence-electron chi connectivity index (χ0n) is 10.0. The maximum Gasteiger partial charge on any atom is 0.130 e. The molecule has 0 saturated carbocycles. The topological polar surface area (TPSA) is 35.2 Å². The minimum atomic E-state index is 0.634. The van der Waals surface area contributed by atoms with E-state index in [2.05, 4.69) is 19.1 Å². The van der Waals surface area contributed by atoms with Crippen molar-refractivity contribution in [1.29, 1.82) is 0 Å². The lowest BCUT2D eigenvalue weighted by Crippen LogP contribution is -2.04. The van der Waals surface area contributed by atoms with Crippen LogP contribution in [0, 0.1) is 6.92 Å². The summed E-state index contributed by atoms with van der Waals surface area (Å²) >= 11 is 0. The van der Waals surface area contributed by atoms with Crippen LogP contribution >= 0.6 is 0 Å². The molecule has 0 saturated heterocycles. The summed E-state index contributed by atoms with van der Waals surface area (Å²) in [6.45, 7) is 2.71. The summed E-state index contributed by atoms with van der Waals surface area (Å²) in [7, 11) is 0. The summed E-state index contributed by atoms with van der Waals surface area (Å²) in [6.07, 6.45) is 0.837. The molecular weight excluding hydrogens is 210 g/mol. The summed E-state index contributed by atoms with van der Waals surface area (Å²) in [6, 6.07) is 16.0. The monoisotopic (exact) mass is 227 g/mol. The Morgan fingerprint density at radius 3 is 2.53 bits per heavy atom. The van der Waals surface area contributed by atoms with E-state index in [0.29, 0.717) is 6.54 Å². The second-order valence-corrected chi connectivity index (χ2v) is 4.06. The van der Waals surface area contributed by atoms with E-state index >= 15 is 0 Å². The van der Waals surface area contributed by atoms with E-state index in [0.717, 1.165) is 23.5 Å². The lowest BCUT2D eigenvalue weighted by molar-refractivity contribution is 0.476. The Labute approximate surface area is 102 Å². The average Bonchev–Trinajstić information content (AvgIpc) is 2.34. The van der Waals surface area contributed by atoms with Gasteiger partial charge in [-0.05, 0) is 43.7 Å². The molecule has 0 amide bonds. The SMILES string of the molecule is Cc1ccc(Oc2ccccc2)c(CCN)c1. The molecule has 0 radical (unpaired) electrons. The lowest BCUT2D eigenvalue weighted by Gasteiger charge is -2.11. The minimum absolute atomic E-state index is 0.634. The normalized spacial score (nSPS) is 10.2. The first kappa shape index (κ1) is 11.7. The molecule has 2 rings (SSSR count). The van der Waals surface area contributed by atoms with Crippen LogP contribution < -0.4 is 10.5 Å². The Kier molecular flexibility index (Phi) is 3.78. The number of benzene rings is 2. The quantitative estimate of drug-likeness (QED) is 0.869. The largest absolute Gasteiger partial charge is 0.457 e. The second kappa shape index (κ2) is 5.51. The molecule has 2 aromatic carbocycles. The first-order valence-corrected chi connectivity index (χ1v) is 5.82. The standard InChI is InChI=1S/C15H17NO/c1-12-7-8-15(13(11-12)9-10-16)17-14-5-3-2-4-6-14/h2-8,11H,9-10,16H2,1H3. The van der Waals surface area contributed by atoms with E-state index in [-0.39, 0.29) is 0 Å². The third-order valence-corrected chi connectivity index (χ3v) is 2.60. The third-order valence-electron chi connectivity index (χ3n) is 2.60. The van der Waals surface area contributed by atoms with Crippen molar-refractivity contribution in [2.75, 3.05) is 6.54 Å². The van der Waals surface area contributed by atoms with Crippen molar-refractivity contribution >= 4 is 0 Å².